The molecule has 150 valence electrons. The summed E-state index contributed by atoms with van der Waals surface area (Å²) in [6, 6.07) is 15.9. The summed E-state index contributed by atoms with van der Waals surface area (Å²) in [5.41, 5.74) is 3.60. The van der Waals surface area contributed by atoms with Crippen LogP contribution in [-0.2, 0) is 0 Å². The maximum Gasteiger partial charge on any atom is 0.207 e. The van der Waals surface area contributed by atoms with E-state index >= 15 is 0 Å². The molecule has 4 aromatic rings. The van der Waals surface area contributed by atoms with Crippen LogP contribution in [0.4, 0.5) is 9.52 Å². The second-order valence-electron chi connectivity index (χ2n) is 6.78. The third kappa shape index (κ3) is 3.76. The molecule has 2 aromatic carbocycles. The van der Waals surface area contributed by atoms with Crippen LogP contribution in [0, 0.1) is 5.82 Å². The third-order valence-corrected chi connectivity index (χ3v) is 7.18. The van der Waals surface area contributed by atoms with Crippen molar-refractivity contribution in [1.29, 1.82) is 0 Å². The summed E-state index contributed by atoms with van der Waals surface area (Å²) < 4.78 is 13.3. The van der Waals surface area contributed by atoms with Gasteiger partial charge in [-0.05, 0) is 53.4 Å². The Labute approximate surface area is 191 Å². The third-order valence-electron chi connectivity index (χ3n) is 4.87. The number of nitrogens with zero attached hydrogens (tertiary/aromatic N) is 3. The minimum Gasteiger partial charge on any atom is -0.231 e. The number of thiophene rings is 1. The molecule has 0 bridgehead atoms. The van der Waals surface area contributed by atoms with Crippen molar-refractivity contribution in [3.63, 3.8) is 0 Å². The molecule has 3 heterocycles. The van der Waals surface area contributed by atoms with Gasteiger partial charge in [0.05, 0.1) is 22.3 Å². The molecule has 5 rings (SSSR count). The van der Waals surface area contributed by atoms with Crippen LogP contribution in [0.5, 0.6) is 0 Å². The minimum absolute atomic E-state index is 0.0842. The molecule has 8 heteroatoms. The molecular weight excluding hydrogens is 460 g/mol. The van der Waals surface area contributed by atoms with Crippen LogP contribution in [0.2, 0.25) is 10.0 Å². The quantitative estimate of drug-likeness (QED) is 0.304. The normalized spacial score (nSPS) is 16.2. The monoisotopic (exact) mass is 473 g/mol. The standard InChI is InChI=1S/C22H14Cl2FN3S2/c23-14-5-8-16(17(24)10-14)20-11-18(21-2-1-9-29-21)27-28(20)22-26-19(12-30-22)13-3-6-15(25)7-4-13/h1-10,12,20H,11H2. The Morgan fingerprint density at radius 1 is 1.03 bits per heavy atom. The predicted molar refractivity (Wildman–Crippen MR) is 125 cm³/mol. The predicted octanol–water partition coefficient (Wildman–Crippen LogP) is 7.67. The maximum absolute atomic E-state index is 13.3. The van der Waals surface area contributed by atoms with Crippen molar-refractivity contribution in [2.24, 2.45) is 5.10 Å². The molecule has 0 saturated heterocycles. The van der Waals surface area contributed by atoms with Gasteiger partial charge >= 0.3 is 0 Å². The van der Waals surface area contributed by atoms with Gasteiger partial charge in [0, 0.05) is 27.4 Å². The summed E-state index contributed by atoms with van der Waals surface area (Å²) in [6.07, 6.45) is 0.716. The molecule has 0 amide bonds. The molecule has 1 aliphatic heterocycles. The van der Waals surface area contributed by atoms with Crippen molar-refractivity contribution < 1.29 is 4.39 Å². The van der Waals surface area contributed by atoms with Gasteiger partial charge in [0.25, 0.3) is 0 Å². The van der Waals surface area contributed by atoms with Gasteiger partial charge in [-0.3, -0.25) is 0 Å². The first-order chi connectivity index (χ1) is 14.6. The van der Waals surface area contributed by atoms with E-state index in [0.29, 0.717) is 16.5 Å². The number of anilines is 1. The summed E-state index contributed by atoms with van der Waals surface area (Å²) in [5, 5.41) is 12.8. The van der Waals surface area contributed by atoms with Gasteiger partial charge in [-0.1, -0.05) is 35.3 Å². The molecule has 2 aromatic heterocycles. The summed E-state index contributed by atoms with van der Waals surface area (Å²) in [5.74, 6) is -0.267. The van der Waals surface area contributed by atoms with Crippen molar-refractivity contribution in [3.05, 3.63) is 91.7 Å². The van der Waals surface area contributed by atoms with Crippen molar-refractivity contribution in [2.45, 2.75) is 12.5 Å². The van der Waals surface area contributed by atoms with E-state index in [9.17, 15) is 4.39 Å². The minimum atomic E-state index is -0.267. The zero-order chi connectivity index (χ0) is 20.7. The Morgan fingerprint density at radius 3 is 2.60 bits per heavy atom. The van der Waals surface area contributed by atoms with Crippen LogP contribution in [0.15, 0.2) is 70.5 Å². The number of thiazole rings is 1. The molecule has 0 radical (unpaired) electrons. The van der Waals surface area contributed by atoms with E-state index in [4.69, 9.17) is 33.3 Å². The molecule has 30 heavy (non-hydrogen) atoms. The average molecular weight is 474 g/mol. The Hall–Kier alpha value is -2.25. The van der Waals surface area contributed by atoms with Gasteiger partial charge in [-0.25, -0.2) is 14.4 Å². The molecule has 0 aliphatic carbocycles. The van der Waals surface area contributed by atoms with E-state index in [1.165, 1.54) is 23.5 Å². The highest BCUT2D eigenvalue weighted by Gasteiger charge is 2.33. The fourth-order valence-electron chi connectivity index (χ4n) is 3.42. The van der Waals surface area contributed by atoms with Crippen LogP contribution in [0.1, 0.15) is 22.9 Å². The average Bonchev–Trinajstić information content (AvgIpc) is 3.48. The molecule has 0 saturated carbocycles. The van der Waals surface area contributed by atoms with E-state index in [2.05, 4.69) is 6.07 Å². The molecule has 1 atom stereocenters. The largest absolute Gasteiger partial charge is 0.231 e. The lowest BCUT2D eigenvalue weighted by molar-refractivity contribution is 0.628. The molecular formula is C22H14Cl2FN3S2. The van der Waals surface area contributed by atoms with Crippen LogP contribution >= 0.6 is 45.9 Å². The van der Waals surface area contributed by atoms with Crippen LogP contribution in [-0.4, -0.2) is 10.7 Å². The Bertz CT molecular complexity index is 1220. The molecule has 0 spiro atoms. The Balaban J connectivity index is 1.54. The molecule has 0 fully saturated rings. The van der Waals surface area contributed by atoms with Gasteiger partial charge in [-0.15, -0.1) is 22.7 Å². The SMILES string of the molecule is Fc1ccc(-c2csc(N3N=C(c4cccs4)CC3c3ccc(Cl)cc3Cl)n2)cc1. The van der Waals surface area contributed by atoms with Crippen molar-refractivity contribution in [1.82, 2.24) is 4.98 Å². The smallest absolute Gasteiger partial charge is 0.207 e. The maximum atomic E-state index is 13.3. The first-order valence-corrected chi connectivity index (χ1v) is 11.7. The summed E-state index contributed by atoms with van der Waals surface area (Å²) in [7, 11) is 0. The lowest BCUT2D eigenvalue weighted by atomic mass is 10.0. The number of hydrazone groups is 1. The lowest BCUT2D eigenvalue weighted by Gasteiger charge is -2.22. The van der Waals surface area contributed by atoms with Gasteiger partial charge in [0.2, 0.25) is 5.13 Å². The number of aromatic nitrogens is 1. The Morgan fingerprint density at radius 2 is 1.87 bits per heavy atom. The fraction of sp³-hybridized carbons (Fsp3) is 0.0909. The topological polar surface area (TPSA) is 28.5 Å². The van der Waals surface area contributed by atoms with E-state index < -0.39 is 0 Å². The summed E-state index contributed by atoms with van der Waals surface area (Å²) in [6.45, 7) is 0. The zero-order valence-electron chi connectivity index (χ0n) is 15.4. The van der Waals surface area contributed by atoms with Crippen LogP contribution in [0.3, 0.4) is 0 Å². The van der Waals surface area contributed by atoms with E-state index in [1.807, 2.05) is 34.0 Å². The highest BCUT2D eigenvalue weighted by molar-refractivity contribution is 7.14. The number of benzene rings is 2. The van der Waals surface area contributed by atoms with E-state index in [0.717, 1.165) is 32.5 Å². The highest BCUT2D eigenvalue weighted by Crippen LogP contribution is 2.42. The number of rotatable bonds is 4. The fourth-order valence-corrected chi connectivity index (χ4v) is 5.50. The summed E-state index contributed by atoms with van der Waals surface area (Å²) in [4.78, 5) is 5.91. The first-order valence-electron chi connectivity index (χ1n) is 9.15. The Kier molecular flexibility index (Phi) is 5.33. The lowest BCUT2D eigenvalue weighted by Crippen LogP contribution is -2.18. The van der Waals surface area contributed by atoms with Gasteiger partial charge < -0.3 is 0 Å². The van der Waals surface area contributed by atoms with Gasteiger partial charge in [0.1, 0.15) is 5.82 Å². The number of halogens is 3. The molecule has 0 N–H and O–H groups in total. The second kappa shape index (κ2) is 8.12. The van der Waals surface area contributed by atoms with Crippen molar-refractivity contribution in [2.75, 3.05) is 5.01 Å². The van der Waals surface area contributed by atoms with Crippen molar-refractivity contribution >= 4 is 56.7 Å². The molecule has 3 nitrogen and oxygen atoms in total. The number of hydrogen-bond donors (Lipinski definition) is 0. The molecule has 1 unspecified atom stereocenters. The summed E-state index contributed by atoms with van der Waals surface area (Å²) >= 11 is 15.8. The number of hydrogen-bond acceptors (Lipinski definition) is 5. The second-order valence-corrected chi connectivity index (χ2v) is 9.40. The van der Waals surface area contributed by atoms with Crippen LogP contribution in [0.25, 0.3) is 11.3 Å². The van der Waals surface area contributed by atoms with E-state index in [1.54, 1.807) is 29.5 Å². The molecule has 1 aliphatic rings. The van der Waals surface area contributed by atoms with Gasteiger partial charge in [-0.2, -0.15) is 5.10 Å². The zero-order valence-corrected chi connectivity index (χ0v) is 18.6. The van der Waals surface area contributed by atoms with E-state index in [-0.39, 0.29) is 11.9 Å². The first kappa shape index (κ1) is 19.7. The van der Waals surface area contributed by atoms with Crippen molar-refractivity contribution in [3.8, 4) is 11.3 Å². The van der Waals surface area contributed by atoms with Crippen LogP contribution < -0.4 is 5.01 Å². The van der Waals surface area contributed by atoms with Gasteiger partial charge in [0.15, 0.2) is 0 Å². The highest BCUT2D eigenvalue weighted by atomic mass is 35.5.